The van der Waals surface area contributed by atoms with E-state index < -0.39 is 0 Å². The van der Waals surface area contributed by atoms with Gasteiger partial charge in [-0.15, -0.1) is 0 Å². The molecule has 2 aliphatic rings. The third-order valence-corrected chi connectivity index (χ3v) is 2.10. The lowest BCUT2D eigenvalue weighted by Gasteiger charge is -2.28. The Labute approximate surface area is 64.9 Å². The number of carbonyl (C=O) groups excluding carboxylic acids is 1. The number of amides is 1. The van der Waals surface area contributed by atoms with E-state index in [1.807, 2.05) is 12.2 Å². The lowest BCUT2D eigenvalue weighted by molar-refractivity contribution is 0.131. The molecule has 11 heavy (non-hydrogen) atoms. The van der Waals surface area contributed by atoms with Gasteiger partial charge in [0.25, 0.3) is 0 Å². The summed E-state index contributed by atoms with van der Waals surface area (Å²) < 4.78 is 4.59. The molecule has 0 aromatic heterocycles. The molecule has 58 valence electrons. The first kappa shape index (κ1) is 6.46. The van der Waals surface area contributed by atoms with Gasteiger partial charge in [0, 0.05) is 12.1 Å². The van der Waals surface area contributed by atoms with E-state index in [1.54, 1.807) is 11.1 Å². The van der Waals surface area contributed by atoms with Gasteiger partial charge in [0.1, 0.15) is 0 Å². The normalized spacial score (nSPS) is 31.5. The number of hydrogen-bond donors (Lipinski definition) is 0. The second-order valence-electron chi connectivity index (χ2n) is 2.67. The van der Waals surface area contributed by atoms with Gasteiger partial charge in [-0.1, -0.05) is 18.2 Å². The smallest absolute Gasteiger partial charge is 0.414 e. The van der Waals surface area contributed by atoms with Gasteiger partial charge in [0.05, 0.1) is 13.2 Å². The molecule has 0 N–H and O–H groups in total. The van der Waals surface area contributed by atoms with Gasteiger partial charge in [-0.25, -0.2) is 4.79 Å². The average molecular weight is 151 g/mol. The summed E-state index contributed by atoms with van der Waals surface area (Å²) in [5, 5.41) is 0. The van der Waals surface area contributed by atoms with Crippen molar-refractivity contribution < 1.29 is 9.53 Å². The molecule has 3 heteroatoms. The molecule has 0 aromatic carbocycles. The number of hydrogen-bond acceptors (Lipinski definition) is 2. The van der Waals surface area contributed by atoms with Crippen molar-refractivity contribution in [1.82, 2.24) is 4.90 Å². The highest BCUT2D eigenvalue weighted by Gasteiger charge is 2.35. The van der Waals surface area contributed by atoms with Crippen molar-refractivity contribution in [3.63, 3.8) is 0 Å². The van der Waals surface area contributed by atoms with Gasteiger partial charge < -0.3 is 4.74 Å². The quantitative estimate of drug-likeness (QED) is 0.486. The maximum absolute atomic E-state index is 11.0. The molecule has 0 spiro atoms. The highest BCUT2D eigenvalue weighted by molar-refractivity contribution is 5.71. The van der Waals surface area contributed by atoms with Gasteiger partial charge in [0.15, 0.2) is 0 Å². The zero-order valence-corrected chi connectivity index (χ0v) is 6.23. The Balaban J connectivity index is 2.12. The standard InChI is InChI=1S/C8H9NO2/c1-11-8(10)9-5-4-6-2-3-7(6)9/h2-7H,1H3. The van der Waals surface area contributed by atoms with E-state index in [0.717, 1.165) is 0 Å². The summed E-state index contributed by atoms with van der Waals surface area (Å²) in [6, 6.07) is 0.224. The first-order valence-electron chi connectivity index (χ1n) is 3.56. The Morgan fingerprint density at radius 1 is 1.45 bits per heavy atom. The molecular weight excluding hydrogens is 142 g/mol. The summed E-state index contributed by atoms with van der Waals surface area (Å²) in [6.07, 6.45) is 7.58. The molecule has 1 heterocycles. The Hall–Kier alpha value is -1.25. The lowest BCUT2D eigenvalue weighted by atomic mass is 9.91. The Morgan fingerprint density at radius 2 is 2.27 bits per heavy atom. The number of nitrogens with zero attached hydrogens (tertiary/aromatic N) is 1. The Morgan fingerprint density at radius 3 is 2.73 bits per heavy atom. The summed E-state index contributed by atoms with van der Waals surface area (Å²) >= 11 is 0. The van der Waals surface area contributed by atoms with Crippen LogP contribution in [0, 0.1) is 5.92 Å². The molecule has 0 saturated carbocycles. The summed E-state index contributed by atoms with van der Waals surface area (Å²) in [5.41, 5.74) is 0. The van der Waals surface area contributed by atoms with Crippen molar-refractivity contribution in [2.45, 2.75) is 6.04 Å². The molecule has 0 saturated heterocycles. The second kappa shape index (κ2) is 2.12. The minimum absolute atomic E-state index is 0.224. The molecule has 3 nitrogen and oxygen atoms in total. The van der Waals surface area contributed by atoms with Gasteiger partial charge in [-0.3, -0.25) is 4.90 Å². The van der Waals surface area contributed by atoms with Crippen LogP contribution in [0.2, 0.25) is 0 Å². The minimum atomic E-state index is -0.280. The summed E-state index contributed by atoms with van der Waals surface area (Å²) in [4.78, 5) is 12.6. The maximum Gasteiger partial charge on any atom is 0.414 e. The van der Waals surface area contributed by atoms with Gasteiger partial charge in [0.2, 0.25) is 0 Å². The zero-order valence-electron chi connectivity index (χ0n) is 6.23. The van der Waals surface area contributed by atoms with Crippen LogP contribution in [0.3, 0.4) is 0 Å². The number of fused-ring (bicyclic) bond motifs is 1. The predicted octanol–water partition coefficient (Wildman–Crippen LogP) is 1.14. The van der Waals surface area contributed by atoms with Crippen LogP contribution in [0.4, 0.5) is 4.79 Å². The van der Waals surface area contributed by atoms with Crippen LogP contribution >= 0.6 is 0 Å². The second-order valence-corrected chi connectivity index (χ2v) is 2.67. The molecule has 1 aliphatic heterocycles. The van der Waals surface area contributed by atoms with E-state index in [1.165, 1.54) is 7.11 Å². The van der Waals surface area contributed by atoms with Crippen molar-refractivity contribution in [1.29, 1.82) is 0 Å². The fraction of sp³-hybridized carbons (Fsp3) is 0.375. The van der Waals surface area contributed by atoms with Crippen LogP contribution in [-0.4, -0.2) is 24.1 Å². The van der Waals surface area contributed by atoms with Crippen LogP contribution < -0.4 is 0 Å². The molecule has 2 unspecified atom stereocenters. The number of ether oxygens (including phenoxy) is 1. The van der Waals surface area contributed by atoms with Crippen LogP contribution in [0.5, 0.6) is 0 Å². The maximum atomic E-state index is 11.0. The highest BCUT2D eigenvalue weighted by atomic mass is 16.5. The first-order chi connectivity index (χ1) is 5.33. The van der Waals surface area contributed by atoms with Crippen LogP contribution in [0.25, 0.3) is 0 Å². The molecule has 0 aromatic rings. The highest BCUT2D eigenvalue weighted by Crippen LogP contribution is 2.31. The van der Waals surface area contributed by atoms with Crippen LogP contribution in [0.15, 0.2) is 24.4 Å². The van der Waals surface area contributed by atoms with E-state index in [-0.39, 0.29) is 12.1 Å². The zero-order chi connectivity index (χ0) is 7.84. The number of methoxy groups -OCH3 is 1. The van der Waals surface area contributed by atoms with Crippen LogP contribution in [0.1, 0.15) is 0 Å². The van der Waals surface area contributed by atoms with E-state index in [0.29, 0.717) is 5.92 Å². The molecule has 0 fully saturated rings. The molecule has 1 amide bonds. The van der Waals surface area contributed by atoms with Gasteiger partial charge in [-0.2, -0.15) is 0 Å². The van der Waals surface area contributed by atoms with Crippen molar-refractivity contribution in [2.24, 2.45) is 5.92 Å². The largest absolute Gasteiger partial charge is 0.452 e. The van der Waals surface area contributed by atoms with Gasteiger partial charge >= 0.3 is 6.09 Å². The first-order valence-corrected chi connectivity index (χ1v) is 3.56. The van der Waals surface area contributed by atoms with Crippen molar-refractivity contribution in [3.8, 4) is 0 Å². The van der Waals surface area contributed by atoms with E-state index in [9.17, 15) is 4.79 Å². The SMILES string of the molecule is COC(=O)N1C=CC2C=CC21. The van der Waals surface area contributed by atoms with E-state index in [4.69, 9.17) is 0 Å². The summed E-state index contributed by atoms with van der Waals surface area (Å²) in [7, 11) is 1.39. The van der Waals surface area contributed by atoms with Gasteiger partial charge in [-0.05, 0) is 0 Å². The van der Waals surface area contributed by atoms with E-state index >= 15 is 0 Å². The summed E-state index contributed by atoms with van der Waals surface area (Å²) in [6.45, 7) is 0. The van der Waals surface area contributed by atoms with Crippen molar-refractivity contribution in [2.75, 3.05) is 7.11 Å². The van der Waals surface area contributed by atoms with E-state index in [2.05, 4.69) is 10.8 Å². The molecule has 0 radical (unpaired) electrons. The lowest BCUT2D eigenvalue weighted by Crippen LogP contribution is -2.38. The number of rotatable bonds is 0. The fourth-order valence-electron chi connectivity index (χ4n) is 1.37. The molecule has 0 bridgehead atoms. The van der Waals surface area contributed by atoms with Crippen LogP contribution in [-0.2, 0) is 4.74 Å². The molecular formula is C8H9NO2. The predicted molar refractivity (Wildman–Crippen MR) is 39.8 cm³/mol. The molecule has 2 rings (SSSR count). The average Bonchev–Trinajstić information content (AvgIpc) is 2.25. The monoisotopic (exact) mass is 151 g/mol. The third-order valence-electron chi connectivity index (χ3n) is 2.10. The number of carbonyl (C=O) groups is 1. The molecule has 1 aliphatic carbocycles. The Kier molecular flexibility index (Phi) is 1.24. The summed E-state index contributed by atoms with van der Waals surface area (Å²) in [5.74, 6) is 0.425. The third kappa shape index (κ3) is 0.770. The van der Waals surface area contributed by atoms with Crippen molar-refractivity contribution >= 4 is 6.09 Å². The topological polar surface area (TPSA) is 29.5 Å². The van der Waals surface area contributed by atoms with Crippen molar-refractivity contribution in [3.05, 3.63) is 24.4 Å². The Bertz CT molecular complexity index is 244. The fourth-order valence-corrected chi connectivity index (χ4v) is 1.37. The minimum Gasteiger partial charge on any atom is -0.452 e. The molecule has 2 atom stereocenters.